The molecule has 2 heteroatoms. The minimum absolute atomic E-state index is 0.0937. The van der Waals surface area contributed by atoms with Gasteiger partial charge in [0.15, 0.2) is 0 Å². The van der Waals surface area contributed by atoms with E-state index in [-0.39, 0.29) is 6.04 Å². The molecular weight excluding hydrogens is 258 g/mol. The SMILES string of the molecule is CCC(N=C=O)c1ccccc1C/C=C/c1ccccc1. The summed E-state index contributed by atoms with van der Waals surface area (Å²) < 4.78 is 0. The van der Waals surface area contributed by atoms with Crippen LogP contribution in [0.25, 0.3) is 6.08 Å². The molecule has 0 amide bonds. The van der Waals surface area contributed by atoms with Crippen LogP contribution >= 0.6 is 0 Å². The number of allylic oxidation sites excluding steroid dienone is 1. The van der Waals surface area contributed by atoms with Crippen molar-refractivity contribution in [1.29, 1.82) is 0 Å². The molecule has 2 aromatic carbocycles. The van der Waals surface area contributed by atoms with Crippen molar-refractivity contribution in [3.63, 3.8) is 0 Å². The van der Waals surface area contributed by atoms with E-state index in [2.05, 4.69) is 35.3 Å². The highest BCUT2D eigenvalue weighted by Crippen LogP contribution is 2.24. The summed E-state index contributed by atoms with van der Waals surface area (Å²) in [6, 6.07) is 18.3. The van der Waals surface area contributed by atoms with E-state index in [1.54, 1.807) is 6.08 Å². The Kier molecular flexibility index (Phi) is 5.69. The Morgan fingerprint density at radius 1 is 1.10 bits per heavy atom. The molecule has 0 aliphatic heterocycles. The average molecular weight is 277 g/mol. The number of benzene rings is 2. The zero-order valence-electron chi connectivity index (χ0n) is 12.2. The van der Waals surface area contributed by atoms with Crippen LogP contribution in [0.1, 0.15) is 36.1 Å². The number of aliphatic imine (C=N–C) groups is 1. The molecule has 0 N–H and O–H groups in total. The van der Waals surface area contributed by atoms with Crippen LogP contribution < -0.4 is 0 Å². The van der Waals surface area contributed by atoms with Gasteiger partial charge < -0.3 is 0 Å². The molecule has 0 saturated carbocycles. The van der Waals surface area contributed by atoms with E-state index in [9.17, 15) is 4.79 Å². The normalized spacial score (nSPS) is 12.0. The summed E-state index contributed by atoms with van der Waals surface area (Å²) in [6.07, 6.45) is 7.57. The maximum atomic E-state index is 10.6. The second kappa shape index (κ2) is 7.98. The van der Waals surface area contributed by atoms with Crippen molar-refractivity contribution in [2.45, 2.75) is 25.8 Å². The van der Waals surface area contributed by atoms with Crippen molar-refractivity contribution in [3.8, 4) is 0 Å². The smallest absolute Gasteiger partial charge is 0.211 e. The fourth-order valence-electron chi connectivity index (χ4n) is 2.38. The van der Waals surface area contributed by atoms with Crippen LogP contribution in [0.5, 0.6) is 0 Å². The fourth-order valence-corrected chi connectivity index (χ4v) is 2.38. The van der Waals surface area contributed by atoms with Crippen LogP contribution in [-0.4, -0.2) is 6.08 Å². The summed E-state index contributed by atoms with van der Waals surface area (Å²) in [5.41, 5.74) is 3.50. The van der Waals surface area contributed by atoms with Gasteiger partial charge in [-0.25, -0.2) is 4.79 Å². The standard InChI is InChI=1S/C19H19NO/c1-2-19(20-15-21)18-14-7-6-12-17(18)13-8-11-16-9-4-3-5-10-16/h3-12,14,19H,2,13H2,1H3/b11-8+. The molecular formula is C19H19NO. The Labute approximate surface area is 125 Å². The minimum Gasteiger partial charge on any atom is -0.211 e. The lowest BCUT2D eigenvalue weighted by atomic mass is 9.96. The van der Waals surface area contributed by atoms with Gasteiger partial charge in [-0.05, 0) is 29.5 Å². The first-order valence-corrected chi connectivity index (χ1v) is 7.21. The largest absolute Gasteiger partial charge is 0.235 e. The van der Waals surface area contributed by atoms with Crippen molar-refractivity contribution in [3.05, 3.63) is 77.4 Å². The Bertz CT molecular complexity index is 640. The van der Waals surface area contributed by atoms with Gasteiger partial charge in [-0.3, -0.25) is 0 Å². The fraction of sp³-hybridized carbons (Fsp3) is 0.211. The summed E-state index contributed by atoms with van der Waals surface area (Å²) in [5.74, 6) is 0. The monoisotopic (exact) mass is 277 g/mol. The molecule has 0 heterocycles. The third kappa shape index (κ3) is 4.27. The molecule has 0 bridgehead atoms. The highest BCUT2D eigenvalue weighted by molar-refractivity contribution is 5.49. The number of hydrogen-bond donors (Lipinski definition) is 0. The van der Waals surface area contributed by atoms with Gasteiger partial charge in [-0.1, -0.05) is 73.7 Å². The first-order valence-electron chi connectivity index (χ1n) is 7.21. The van der Waals surface area contributed by atoms with E-state index in [1.807, 2.05) is 43.3 Å². The Balaban J connectivity index is 2.17. The highest BCUT2D eigenvalue weighted by Gasteiger charge is 2.11. The molecule has 21 heavy (non-hydrogen) atoms. The van der Waals surface area contributed by atoms with Gasteiger partial charge in [0.05, 0.1) is 6.04 Å². The number of rotatable bonds is 6. The number of hydrogen-bond acceptors (Lipinski definition) is 2. The molecule has 0 aliphatic carbocycles. The quantitative estimate of drug-likeness (QED) is 0.554. The lowest BCUT2D eigenvalue weighted by Gasteiger charge is -2.12. The molecule has 0 fully saturated rings. The molecule has 1 unspecified atom stereocenters. The van der Waals surface area contributed by atoms with Gasteiger partial charge in [0.25, 0.3) is 0 Å². The maximum absolute atomic E-state index is 10.6. The molecule has 2 aromatic rings. The lowest BCUT2D eigenvalue weighted by molar-refractivity contribution is 0.555. The highest BCUT2D eigenvalue weighted by atomic mass is 16.1. The van der Waals surface area contributed by atoms with Gasteiger partial charge >= 0.3 is 0 Å². The van der Waals surface area contributed by atoms with Crippen molar-refractivity contribution in [1.82, 2.24) is 0 Å². The third-order valence-electron chi connectivity index (χ3n) is 3.46. The molecule has 1 atom stereocenters. The third-order valence-corrected chi connectivity index (χ3v) is 3.46. The van der Waals surface area contributed by atoms with Gasteiger partial charge in [-0.15, -0.1) is 0 Å². The van der Waals surface area contributed by atoms with Crippen LogP contribution in [0.2, 0.25) is 0 Å². The second-order valence-electron chi connectivity index (χ2n) is 4.86. The number of nitrogens with zero attached hydrogens (tertiary/aromatic N) is 1. The minimum atomic E-state index is -0.0937. The van der Waals surface area contributed by atoms with E-state index >= 15 is 0 Å². The first kappa shape index (κ1) is 15.0. The van der Waals surface area contributed by atoms with Crippen molar-refractivity contribution in [2.24, 2.45) is 4.99 Å². The summed E-state index contributed by atoms with van der Waals surface area (Å²) in [5, 5.41) is 0. The molecule has 2 rings (SSSR count). The summed E-state index contributed by atoms with van der Waals surface area (Å²) in [7, 11) is 0. The number of isocyanates is 1. The number of carbonyl (C=O) groups excluding carboxylic acids is 1. The molecule has 2 nitrogen and oxygen atoms in total. The molecule has 0 aromatic heterocycles. The van der Waals surface area contributed by atoms with E-state index in [0.29, 0.717) is 0 Å². The van der Waals surface area contributed by atoms with Crippen LogP contribution in [0, 0.1) is 0 Å². The van der Waals surface area contributed by atoms with Crippen molar-refractivity contribution >= 4 is 12.2 Å². The van der Waals surface area contributed by atoms with Crippen molar-refractivity contribution in [2.75, 3.05) is 0 Å². The second-order valence-corrected chi connectivity index (χ2v) is 4.86. The predicted molar refractivity (Wildman–Crippen MR) is 86.8 cm³/mol. The van der Waals surface area contributed by atoms with Gasteiger partial charge in [0.1, 0.15) is 0 Å². The zero-order valence-corrected chi connectivity index (χ0v) is 12.2. The summed E-state index contributed by atoms with van der Waals surface area (Å²) in [4.78, 5) is 14.5. The summed E-state index contributed by atoms with van der Waals surface area (Å²) >= 11 is 0. The zero-order chi connectivity index (χ0) is 14.9. The Hall–Kier alpha value is -2.44. The maximum Gasteiger partial charge on any atom is 0.235 e. The van der Waals surface area contributed by atoms with Gasteiger partial charge in [0, 0.05) is 0 Å². The molecule has 0 spiro atoms. The van der Waals surface area contributed by atoms with Gasteiger partial charge in [0.2, 0.25) is 6.08 Å². The Morgan fingerprint density at radius 3 is 2.52 bits per heavy atom. The lowest BCUT2D eigenvalue weighted by Crippen LogP contribution is -1.99. The van der Waals surface area contributed by atoms with Crippen LogP contribution in [0.4, 0.5) is 0 Å². The molecule has 0 saturated heterocycles. The van der Waals surface area contributed by atoms with Gasteiger partial charge in [-0.2, -0.15) is 4.99 Å². The van der Waals surface area contributed by atoms with Crippen LogP contribution in [-0.2, 0) is 11.2 Å². The van der Waals surface area contributed by atoms with Crippen LogP contribution in [0.15, 0.2) is 65.7 Å². The van der Waals surface area contributed by atoms with E-state index in [1.165, 1.54) is 11.1 Å². The molecule has 0 aliphatic rings. The van der Waals surface area contributed by atoms with E-state index in [4.69, 9.17) is 0 Å². The first-order chi connectivity index (χ1) is 10.3. The van der Waals surface area contributed by atoms with E-state index in [0.717, 1.165) is 18.4 Å². The molecule has 106 valence electrons. The van der Waals surface area contributed by atoms with Crippen LogP contribution in [0.3, 0.4) is 0 Å². The molecule has 0 radical (unpaired) electrons. The van der Waals surface area contributed by atoms with Crippen molar-refractivity contribution < 1.29 is 4.79 Å². The predicted octanol–water partition coefficient (Wildman–Crippen LogP) is 4.73. The average Bonchev–Trinajstić information content (AvgIpc) is 2.54. The topological polar surface area (TPSA) is 29.4 Å². The van der Waals surface area contributed by atoms with E-state index < -0.39 is 0 Å². The Morgan fingerprint density at radius 2 is 1.81 bits per heavy atom. The summed E-state index contributed by atoms with van der Waals surface area (Å²) in [6.45, 7) is 2.03.